The fraction of sp³-hybridized carbons (Fsp3) is 0.933. The molecule has 5 nitrogen and oxygen atoms in total. The average molecular weight is 283 g/mol. The highest BCUT2D eigenvalue weighted by molar-refractivity contribution is 5.75. The van der Waals surface area contributed by atoms with Gasteiger partial charge in [-0.25, -0.2) is 4.79 Å². The molecule has 0 bridgehead atoms. The minimum Gasteiger partial charge on any atom is -0.390 e. The van der Waals surface area contributed by atoms with E-state index in [0.29, 0.717) is 13.1 Å². The zero-order valence-electron chi connectivity index (χ0n) is 13.1. The molecule has 5 heteroatoms. The van der Waals surface area contributed by atoms with Crippen LogP contribution in [0, 0.1) is 11.8 Å². The first-order valence-corrected chi connectivity index (χ1v) is 7.80. The summed E-state index contributed by atoms with van der Waals surface area (Å²) in [7, 11) is 2.17. The van der Waals surface area contributed by atoms with Crippen molar-refractivity contribution in [2.24, 2.45) is 11.8 Å². The summed E-state index contributed by atoms with van der Waals surface area (Å²) in [4.78, 5) is 16.1. The molecule has 2 fully saturated rings. The third-order valence-corrected chi connectivity index (χ3v) is 4.72. The Morgan fingerprint density at radius 3 is 2.65 bits per heavy atom. The number of hydrogen-bond donors (Lipinski definition) is 2. The van der Waals surface area contributed by atoms with E-state index in [4.69, 9.17) is 0 Å². The van der Waals surface area contributed by atoms with Crippen LogP contribution < -0.4 is 5.32 Å². The number of rotatable bonds is 4. The van der Waals surface area contributed by atoms with E-state index in [0.717, 1.165) is 25.4 Å². The van der Waals surface area contributed by atoms with Gasteiger partial charge in [0, 0.05) is 32.1 Å². The first-order valence-electron chi connectivity index (χ1n) is 7.80. The highest BCUT2D eigenvalue weighted by Crippen LogP contribution is 2.26. The summed E-state index contributed by atoms with van der Waals surface area (Å²) < 4.78 is 0. The third-order valence-electron chi connectivity index (χ3n) is 4.72. The number of carbonyl (C=O) groups excluding carboxylic acids is 1. The van der Waals surface area contributed by atoms with E-state index in [1.807, 2.05) is 13.8 Å². The predicted molar refractivity (Wildman–Crippen MR) is 79.6 cm³/mol. The van der Waals surface area contributed by atoms with E-state index in [-0.39, 0.29) is 11.9 Å². The van der Waals surface area contributed by atoms with Gasteiger partial charge in [-0.1, -0.05) is 0 Å². The molecule has 116 valence electrons. The lowest BCUT2D eigenvalue weighted by Gasteiger charge is -2.45. The van der Waals surface area contributed by atoms with Crippen LogP contribution in [0.4, 0.5) is 4.79 Å². The lowest BCUT2D eigenvalue weighted by Crippen LogP contribution is -2.59. The second-order valence-electron chi connectivity index (χ2n) is 7.05. The van der Waals surface area contributed by atoms with Gasteiger partial charge < -0.3 is 20.2 Å². The number of nitrogens with zero attached hydrogens (tertiary/aromatic N) is 2. The molecule has 20 heavy (non-hydrogen) atoms. The molecule has 2 aliphatic rings. The van der Waals surface area contributed by atoms with Crippen LogP contribution in [0.3, 0.4) is 0 Å². The van der Waals surface area contributed by atoms with Crippen LogP contribution in [0.25, 0.3) is 0 Å². The molecule has 0 radical (unpaired) electrons. The SMILES string of the molecule is CN1CCCC(CCNC(=O)N2CC(C(C)(C)O)C2)C1. The molecule has 0 aliphatic carbocycles. The van der Waals surface area contributed by atoms with Crippen molar-refractivity contribution in [2.75, 3.05) is 39.8 Å². The molecule has 0 saturated carbocycles. The number of urea groups is 1. The normalized spacial score (nSPS) is 25.4. The number of carbonyl (C=O) groups is 1. The van der Waals surface area contributed by atoms with Gasteiger partial charge in [-0.3, -0.25) is 0 Å². The monoisotopic (exact) mass is 283 g/mol. The fourth-order valence-electron chi connectivity index (χ4n) is 3.10. The molecule has 0 aromatic heterocycles. The second-order valence-corrected chi connectivity index (χ2v) is 7.05. The van der Waals surface area contributed by atoms with Gasteiger partial charge in [-0.2, -0.15) is 0 Å². The maximum atomic E-state index is 11.9. The topological polar surface area (TPSA) is 55.8 Å². The zero-order valence-corrected chi connectivity index (χ0v) is 13.1. The van der Waals surface area contributed by atoms with Gasteiger partial charge in [0.15, 0.2) is 0 Å². The Bertz CT molecular complexity index is 335. The number of aliphatic hydroxyl groups is 1. The second kappa shape index (κ2) is 6.31. The van der Waals surface area contributed by atoms with Crippen LogP contribution >= 0.6 is 0 Å². The Labute approximate surface area is 122 Å². The quantitative estimate of drug-likeness (QED) is 0.813. The van der Waals surface area contributed by atoms with Gasteiger partial charge >= 0.3 is 6.03 Å². The minimum atomic E-state index is -0.677. The Balaban J connectivity index is 1.60. The van der Waals surface area contributed by atoms with Crippen molar-refractivity contribution in [3.05, 3.63) is 0 Å². The van der Waals surface area contributed by atoms with Crippen molar-refractivity contribution in [1.29, 1.82) is 0 Å². The Hall–Kier alpha value is -0.810. The summed E-state index contributed by atoms with van der Waals surface area (Å²) in [6.45, 7) is 8.08. The largest absolute Gasteiger partial charge is 0.390 e. The van der Waals surface area contributed by atoms with E-state index >= 15 is 0 Å². The molecule has 0 aromatic carbocycles. The maximum absolute atomic E-state index is 11.9. The molecule has 2 heterocycles. The van der Waals surface area contributed by atoms with Crippen LogP contribution in [0.15, 0.2) is 0 Å². The third kappa shape index (κ3) is 4.09. The average Bonchev–Trinajstić information content (AvgIpc) is 2.24. The Morgan fingerprint density at radius 2 is 2.05 bits per heavy atom. The summed E-state index contributed by atoms with van der Waals surface area (Å²) in [5, 5.41) is 12.9. The number of nitrogens with one attached hydrogen (secondary N) is 1. The molecular formula is C15H29N3O2. The number of amides is 2. The van der Waals surface area contributed by atoms with E-state index in [1.165, 1.54) is 19.4 Å². The van der Waals surface area contributed by atoms with Gasteiger partial charge in [0.1, 0.15) is 0 Å². The molecule has 1 unspecified atom stereocenters. The van der Waals surface area contributed by atoms with Gasteiger partial charge in [-0.05, 0) is 52.6 Å². The van der Waals surface area contributed by atoms with E-state index in [1.54, 1.807) is 4.90 Å². The summed E-state index contributed by atoms with van der Waals surface area (Å²) in [5.41, 5.74) is -0.677. The van der Waals surface area contributed by atoms with Crippen molar-refractivity contribution in [1.82, 2.24) is 15.1 Å². The summed E-state index contributed by atoms with van der Waals surface area (Å²) in [6.07, 6.45) is 3.62. The van der Waals surface area contributed by atoms with Crippen molar-refractivity contribution >= 4 is 6.03 Å². The van der Waals surface area contributed by atoms with E-state index in [2.05, 4.69) is 17.3 Å². The van der Waals surface area contributed by atoms with Gasteiger partial charge in [0.2, 0.25) is 0 Å². The number of likely N-dealkylation sites (tertiary alicyclic amines) is 2. The zero-order chi connectivity index (χ0) is 14.8. The molecule has 2 N–H and O–H groups in total. The Morgan fingerprint density at radius 1 is 1.35 bits per heavy atom. The van der Waals surface area contributed by atoms with Crippen LogP contribution in [-0.2, 0) is 0 Å². The lowest BCUT2D eigenvalue weighted by molar-refractivity contribution is -0.0457. The summed E-state index contributed by atoms with van der Waals surface area (Å²) in [5.74, 6) is 0.926. The molecule has 2 saturated heterocycles. The van der Waals surface area contributed by atoms with Crippen LogP contribution in [0.5, 0.6) is 0 Å². The predicted octanol–water partition coefficient (Wildman–Crippen LogP) is 1.13. The summed E-state index contributed by atoms with van der Waals surface area (Å²) in [6, 6.07) is 0.0228. The van der Waals surface area contributed by atoms with Gasteiger partial charge in [0.25, 0.3) is 0 Å². The van der Waals surface area contributed by atoms with Crippen molar-refractivity contribution < 1.29 is 9.90 Å². The van der Waals surface area contributed by atoms with Crippen molar-refractivity contribution in [3.8, 4) is 0 Å². The molecule has 2 rings (SSSR count). The molecular weight excluding hydrogens is 254 g/mol. The van der Waals surface area contributed by atoms with Crippen molar-refractivity contribution in [2.45, 2.75) is 38.7 Å². The van der Waals surface area contributed by atoms with E-state index in [9.17, 15) is 9.90 Å². The minimum absolute atomic E-state index is 0.0228. The Kier molecular flexibility index (Phi) is 4.91. The number of piperidine rings is 1. The first-order chi connectivity index (χ1) is 9.36. The van der Waals surface area contributed by atoms with Crippen LogP contribution in [0.2, 0.25) is 0 Å². The highest BCUT2D eigenvalue weighted by Gasteiger charge is 2.39. The van der Waals surface area contributed by atoms with Crippen LogP contribution in [-0.4, -0.2) is 66.3 Å². The van der Waals surface area contributed by atoms with Gasteiger partial charge in [0.05, 0.1) is 5.60 Å². The first kappa shape index (κ1) is 15.6. The highest BCUT2D eigenvalue weighted by atomic mass is 16.3. The molecule has 1 atom stereocenters. The van der Waals surface area contributed by atoms with Crippen molar-refractivity contribution in [3.63, 3.8) is 0 Å². The fourth-order valence-corrected chi connectivity index (χ4v) is 3.10. The smallest absolute Gasteiger partial charge is 0.317 e. The van der Waals surface area contributed by atoms with E-state index < -0.39 is 5.60 Å². The summed E-state index contributed by atoms with van der Waals surface area (Å²) >= 11 is 0. The van der Waals surface area contributed by atoms with Crippen LogP contribution in [0.1, 0.15) is 33.1 Å². The molecule has 0 spiro atoms. The maximum Gasteiger partial charge on any atom is 0.317 e. The number of hydrogen-bond acceptors (Lipinski definition) is 3. The lowest BCUT2D eigenvalue weighted by atomic mass is 9.85. The molecule has 0 aromatic rings. The molecule has 2 amide bonds. The van der Waals surface area contributed by atoms with Gasteiger partial charge in [-0.15, -0.1) is 0 Å². The standard InChI is InChI=1S/C15H29N3O2/c1-15(2,20)13-10-18(11-13)14(19)16-7-6-12-5-4-8-17(3)9-12/h12-13,20H,4-11H2,1-3H3,(H,16,19). The molecule has 2 aliphatic heterocycles.